The molecule has 1 heteroatoms. The van der Waals surface area contributed by atoms with Gasteiger partial charge in [-0.2, -0.15) is 0 Å². The zero-order valence-electron chi connectivity index (χ0n) is 12.3. The van der Waals surface area contributed by atoms with Crippen LogP contribution < -0.4 is 0 Å². The fraction of sp³-hybridized carbons (Fsp3) is 0.368. The molecule has 1 aliphatic carbocycles. The predicted octanol–water partition coefficient (Wildman–Crippen LogP) is 4.07. The summed E-state index contributed by atoms with van der Waals surface area (Å²) in [6.45, 7) is 4.14. The molecule has 20 heavy (non-hydrogen) atoms. The van der Waals surface area contributed by atoms with Crippen molar-refractivity contribution in [3.63, 3.8) is 0 Å². The Hall–Kier alpha value is -1.60. The number of hydrogen-bond donors (Lipinski definition) is 1. The Kier molecular flexibility index (Phi) is 3.62. The van der Waals surface area contributed by atoms with Crippen molar-refractivity contribution in [3.8, 4) is 0 Å². The number of aliphatic hydroxyl groups excluding tert-OH is 1. The van der Waals surface area contributed by atoms with Crippen LogP contribution >= 0.6 is 0 Å². The zero-order valence-corrected chi connectivity index (χ0v) is 12.3. The average Bonchev–Trinajstić information content (AvgIpc) is 2.89. The summed E-state index contributed by atoms with van der Waals surface area (Å²) < 4.78 is 0. The van der Waals surface area contributed by atoms with E-state index < -0.39 is 6.10 Å². The summed E-state index contributed by atoms with van der Waals surface area (Å²) in [5, 5.41) is 10.5. The Balaban J connectivity index is 1.82. The van der Waals surface area contributed by atoms with E-state index in [0.29, 0.717) is 6.42 Å². The van der Waals surface area contributed by atoms with Gasteiger partial charge in [0.2, 0.25) is 0 Å². The van der Waals surface area contributed by atoms with Crippen LogP contribution in [0.25, 0.3) is 0 Å². The minimum Gasteiger partial charge on any atom is -0.388 e. The molecule has 0 aromatic heterocycles. The van der Waals surface area contributed by atoms with Crippen LogP contribution in [0.1, 0.15) is 45.9 Å². The van der Waals surface area contributed by atoms with Gasteiger partial charge in [-0.05, 0) is 60.9 Å². The topological polar surface area (TPSA) is 20.2 Å². The molecule has 1 nitrogen and oxygen atoms in total. The van der Waals surface area contributed by atoms with Crippen LogP contribution in [-0.2, 0) is 19.3 Å². The van der Waals surface area contributed by atoms with Gasteiger partial charge >= 0.3 is 0 Å². The first-order chi connectivity index (χ1) is 9.63. The van der Waals surface area contributed by atoms with Crippen molar-refractivity contribution >= 4 is 0 Å². The Labute approximate surface area is 121 Å². The first-order valence-electron chi connectivity index (χ1n) is 7.49. The monoisotopic (exact) mass is 266 g/mol. The van der Waals surface area contributed by atoms with E-state index in [9.17, 15) is 5.11 Å². The summed E-state index contributed by atoms with van der Waals surface area (Å²) in [5.41, 5.74) is 7.66. The van der Waals surface area contributed by atoms with E-state index in [-0.39, 0.29) is 0 Å². The summed E-state index contributed by atoms with van der Waals surface area (Å²) in [6.07, 6.45) is 3.99. The average molecular weight is 266 g/mol. The number of benzene rings is 2. The van der Waals surface area contributed by atoms with Gasteiger partial charge in [-0.1, -0.05) is 42.0 Å². The van der Waals surface area contributed by atoms with Gasteiger partial charge in [0.05, 0.1) is 6.10 Å². The summed E-state index contributed by atoms with van der Waals surface area (Å²) in [6, 6.07) is 13.0. The smallest absolute Gasteiger partial charge is 0.0833 e. The molecule has 2 aromatic rings. The molecule has 0 saturated carbocycles. The molecule has 1 N–H and O–H groups in total. The van der Waals surface area contributed by atoms with Crippen LogP contribution in [0, 0.1) is 13.8 Å². The molecule has 0 aliphatic heterocycles. The summed E-state index contributed by atoms with van der Waals surface area (Å²) in [4.78, 5) is 0. The second-order valence-corrected chi connectivity index (χ2v) is 6.04. The lowest BCUT2D eigenvalue weighted by atomic mass is 9.95. The van der Waals surface area contributed by atoms with Gasteiger partial charge in [0.25, 0.3) is 0 Å². The standard InChI is InChI=1S/C19H22O/c1-13-6-7-14(2)18(10-13)19(20)12-15-8-9-16-4-3-5-17(16)11-15/h6-11,19-20H,3-5,12H2,1-2H3. The molecule has 1 aliphatic rings. The third kappa shape index (κ3) is 2.64. The van der Waals surface area contributed by atoms with Crippen molar-refractivity contribution in [3.05, 3.63) is 69.8 Å². The molecular weight excluding hydrogens is 244 g/mol. The molecule has 104 valence electrons. The third-order valence-corrected chi connectivity index (χ3v) is 4.39. The van der Waals surface area contributed by atoms with E-state index in [2.05, 4.69) is 50.2 Å². The van der Waals surface area contributed by atoms with Crippen LogP contribution in [0.2, 0.25) is 0 Å². The number of aryl methyl sites for hydroxylation is 4. The van der Waals surface area contributed by atoms with E-state index in [1.807, 2.05) is 0 Å². The Morgan fingerprint density at radius 3 is 2.65 bits per heavy atom. The van der Waals surface area contributed by atoms with Crippen molar-refractivity contribution in [2.24, 2.45) is 0 Å². The fourth-order valence-corrected chi connectivity index (χ4v) is 3.20. The van der Waals surface area contributed by atoms with Crippen molar-refractivity contribution < 1.29 is 5.11 Å². The zero-order chi connectivity index (χ0) is 14.1. The van der Waals surface area contributed by atoms with Crippen molar-refractivity contribution in [2.45, 2.75) is 45.6 Å². The molecule has 2 aromatic carbocycles. The van der Waals surface area contributed by atoms with Crippen LogP contribution in [-0.4, -0.2) is 5.11 Å². The molecule has 0 heterocycles. The number of rotatable bonds is 3. The first-order valence-corrected chi connectivity index (χ1v) is 7.49. The maximum absolute atomic E-state index is 10.5. The van der Waals surface area contributed by atoms with Crippen LogP contribution in [0.4, 0.5) is 0 Å². The SMILES string of the molecule is Cc1ccc(C)c(C(O)Cc2ccc3c(c2)CCC3)c1. The number of aliphatic hydroxyl groups is 1. The molecule has 0 saturated heterocycles. The first kappa shape index (κ1) is 13.4. The minimum absolute atomic E-state index is 0.408. The molecule has 0 bridgehead atoms. The number of hydrogen-bond acceptors (Lipinski definition) is 1. The lowest BCUT2D eigenvalue weighted by Gasteiger charge is -2.15. The van der Waals surface area contributed by atoms with Crippen LogP contribution in [0.3, 0.4) is 0 Å². The van der Waals surface area contributed by atoms with Gasteiger partial charge in [0.1, 0.15) is 0 Å². The predicted molar refractivity (Wildman–Crippen MR) is 83.0 cm³/mol. The molecule has 0 amide bonds. The van der Waals surface area contributed by atoms with Crippen LogP contribution in [0.5, 0.6) is 0 Å². The van der Waals surface area contributed by atoms with E-state index in [1.165, 1.54) is 47.1 Å². The fourth-order valence-electron chi connectivity index (χ4n) is 3.20. The minimum atomic E-state index is -0.408. The highest BCUT2D eigenvalue weighted by atomic mass is 16.3. The maximum atomic E-state index is 10.5. The Morgan fingerprint density at radius 1 is 1.00 bits per heavy atom. The van der Waals surface area contributed by atoms with Gasteiger partial charge in [0, 0.05) is 6.42 Å². The van der Waals surface area contributed by atoms with Gasteiger partial charge in [0.15, 0.2) is 0 Å². The van der Waals surface area contributed by atoms with Gasteiger partial charge in [-0.3, -0.25) is 0 Å². The highest BCUT2D eigenvalue weighted by molar-refractivity contribution is 5.37. The normalized spacial score (nSPS) is 15.2. The van der Waals surface area contributed by atoms with Gasteiger partial charge in [-0.25, -0.2) is 0 Å². The van der Waals surface area contributed by atoms with Gasteiger partial charge < -0.3 is 5.11 Å². The Bertz CT molecular complexity index is 628. The lowest BCUT2D eigenvalue weighted by molar-refractivity contribution is 0.177. The van der Waals surface area contributed by atoms with Crippen molar-refractivity contribution in [1.29, 1.82) is 0 Å². The quantitative estimate of drug-likeness (QED) is 0.888. The second kappa shape index (κ2) is 5.41. The molecule has 1 atom stereocenters. The second-order valence-electron chi connectivity index (χ2n) is 6.04. The van der Waals surface area contributed by atoms with E-state index in [0.717, 1.165) is 5.56 Å². The van der Waals surface area contributed by atoms with Crippen LogP contribution in [0.15, 0.2) is 36.4 Å². The molecule has 1 unspecified atom stereocenters. The molecule has 0 spiro atoms. The molecular formula is C19H22O. The summed E-state index contributed by atoms with van der Waals surface area (Å²) >= 11 is 0. The Morgan fingerprint density at radius 2 is 1.80 bits per heavy atom. The number of fused-ring (bicyclic) bond motifs is 1. The lowest BCUT2D eigenvalue weighted by Crippen LogP contribution is -2.04. The largest absolute Gasteiger partial charge is 0.388 e. The van der Waals surface area contributed by atoms with E-state index in [4.69, 9.17) is 0 Å². The van der Waals surface area contributed by atoms with Crippen molar-refractivity contribution in [2.75, 3.05) is 0 Å². The highest BCUT2D eigenvalue weighted by Crippen LogP contribution is 2.27. The van der Waals surface area contributed by atoms with E-state index >= 15 is 0 Å². The van der Waals surface area contributed by atoms with Gasteiger partial charge in [-0.15, -0.1) is 0 Å². The summed E-state index contributed by atoms with van der Waals surface area (Å²) in [7, 11) is 0. The third-order valence-electron chi connectivity index (χ3n) is 4.39. The summed E-state index contributed by atoms with van der Waals surface area (Å²) in [5.74, 6) is 0. The maximum Gasteiger partial charge on any atom is 0.0833 e. The molecule has 3 rings (SSSR count). The molecule has 0 radical (unpaired) electrons. The van der Waals surface area contributed by atoms with E-state index in [1.54, 1.807) is 0 Å². The highest BCUT2D eigenvalue weighted by Gasteiger charge is 2.14. The van der Waals surface area contributed by atoms with Crippen molar-refractivity contribution in [1.82, 2.24) is 0 Å². The molecule has 0 fully saturated rings.